The van der Waals surface area contributed by atoms with Crippen LogP contribution in [0.1, 0.15) is 84.7 Å². The number of rotatable bonds is 18. The highest BCUT2D eigenvalue weighted by molar-refractivity contribution is 5.99. The molecule has 0 spiro atoms. The van der Waals surface area contributed by atoms with Crippen molar-refractivity contribution < 1.29 is 33.9 Å². The van der Waals surface area contributed by atoms with Crippen molar-refractivity contribution >= 4 is 36.1 Å². The van der Waals surface area contributed by atoms with E-state index >= 15 is 0 Å². The molecule has 4 aromatic rings. The Labute approximate surface area is 295 Å². The standard InChI is InChI=1S/C38H40N6O7/c1-39-35(45)29-13-15-30(16-14-29)36(46)42-40-25-27-9-7-11-33(23-27)50-21-5-3-2-4-6-22-51-34-12-8-10-28(24-34)26-41-43-37(47)31-17-19-32(20-18-31)38(48)44-49/h7-20,23-26,49H,2-6,21-22H2,1H3,(H,39,45)(H,42,46)(H,43,47)(H,44,48)/b40-25+,41-26+. The molecular weight excluding hydrogens is 652 g/mol. The summed E-state index contributed by atoms with van der Waals surface area (Å²) in [4.78, 5) is 47.7. The van der Waals surface area contributed by atoms with Gasteiger partial charge in [-0.25, -0.2) is 16.3 Å². The highest BCUT2D eigenvalue weighted by Gasteiger charge is 2.09. The molecule has 0 aliphatic heterocycles. The molecular formula is C38H40N6O7. The van der Waals surface area contributed by atoms with E-state index in [1.165, 1.54) is 30.5 Å². The quantitative estimate of drug-likeness (QED) is 0.0416. The summed E-state index contributed by atoms with van der Waals surface area (Å²) in [5.74, 6) is -0.275. The van der Waals surface area contributed by atoms with Crippen LogP contribution in [0.25, 0.3) is 0 Å². The van der Waals surface area contributed by atoms with Gasteiger partial charge in [0, 0.05) is 29.3 Å². The summed E-state index contributed by atoms with van der Waals surface area (Å²) in [6, 6.07) is 26.9. The van der Waals surface area contributed by atoms with Crippen LogP contribution in [0.4, 0.5) is 0 Å². The van der Waals surface area contributed by atoms with Gasteiger partial charge in [-0.2, -0.15) is 10.2 Å². The zero-order valence-corrected chi connectivity index (χ0v) is 28.1. The van der Waals surface area contributed by atoms with Crippen LogP contribution in [0, 0.1) is 0 Å². The Morgan fingerprint density at radius 2 is 0.961 bits per heavy atom. The third-order valence-electron chi connectivity index (χ3n) is 7.45. The molecule has 13 nitrogen and oxygen atoms in total. The van der Waals surface area contributed by atoms with Gasteiger partial charge in [-0.3, -0.25) is 24.4 Å². The number of ether oxygens (including phenoxy) is 2. The molecule has 4 amide bonds. The molecule has 5 N–H and O–H groups in total. The van der Waals surface area contributed by atoms with Crippen molar-refractivity contribution in [2.45, 2.75) is 32.1 Å². The van der Waals surface area contributed by atoms with Gasteiger partial charge in [0.25, 0.3) is 23.6 Å². The maximum absolute atomic E-state index is 12.3. The second-order valence-corrected chi connectivity index (χ2v) is 11.2. The lowest BCUT2D eigenvalue weighted by molar-refractivity contribution is 0.0705. The van der Waals surface area contributed by atoms with E-state index in [2.05, 4.69) is 26.4 Å². The van der Waals surface area contributed by atoms with Gasteiger partial charge in [-0.15, -0.1) is 0 Å². The van der Waals surface area contributed by atoms with Gasteiger partial charge in [0.2, 0.25) is 0 Å². The number of hydrogen-bond acceptors (Lipinski definition) is 9. The lowest BCUT2D eigenvalue weighted by Gasteiger charge is -2.08. The number of hydrazone groups is 2. The van der Waals surface area contributed by atoms with Crippen molar-refractivity contribution in [2.75, 3.05) is 20.3 Å². The molecule has 0 atom stereocenters. The molecule has 0 unspecified atom stereocenters. The maximum atomic E-state index is 12.3. The Hall–Kier alpha value is -6.34. The number of unbranched alkanes of at least 4 members (excludes halogenated alkanes) is 4. The van der Waals surface area contributed by atoms with Crippen molar-refractivity contribution in [1.29, 1.82) is 0 Å². The minimum Gasteiger partial charge on any atom is -0.494 e. The van der Waals surface area contributed by atoms with E-state index in [1.807, 2.05) is 48.5 Å². The van der Waals surface area contributed by atoms with Crippen molar-refractivity contribution in [2.24, 2.45) is 10.2 Å². The average molecular weight is 693 g/mol. The summed E-state index contributed by atoms with van der Waals surface area (Å²) in [7, 11) is 1.55. The Bertz CT molecular complexity index is 1690. The molecule has 51 heavy (non-hydrogen) atoms. The fourth-order valence-corrected chi connectivity index (χ4v) is 4.70. The first-order valence-corrected chi connectivity index (χ1v) is 16.4. The molecule has 0 aromatic heterocycles. The second-order valence-electron chi connectivity index (χ2n) is 11.2. The van der Waals surface area contributed by atoms with Gasteiger partial charge in [-0.1, -0.05) is 43.5 Å². The highest BCUT2D eigenvalue weighted by atomic mass is 16.5. The van der Waals surface area contributed by atoms with Gasteiger partial charge >= 0.3 is 0 Å². The van der Waals surface area contributed by atoms with Gasteiger partial charge in [-0.05, 0) is 96.8 Å². The van der Waals surface area contributed by atoms with Gasteiger partial charge in [0.1, 0.15) is 11.5 Å². The summed E-state index contributed by atoms with van der Waals surface area (Å²) in [5.41, 5.74) is 9.41. The van der Waals surface area contributed by atoms with E-state index < -0.39 is 11.8 Å². The van der Waals surface area contributed by atoms with E-state index in [9.17, 15) is 19.2 Å². The summed E-state index contributed by atoms with van der Waals surface area (Å²) in [5, 5.41) is 19.3. The Kier molecular flexibility index (Phi) is 14.9. The Morgan fingerprint density at radius 1 is 0.569 bits per heavy atom. The first-order chi connectivity index (χ1) is 24.9. The number of nitrogens with one attached hydrogen (secondary N) is 4. The lowest BCUT2D eigenvalue weighted by atomic mass is 10.1. The van der Waals surface area contributed by atoms with Gasteiger partial charge in [0.05, 0.1) is 25.6 Å². The van der Waals surface area contributed by atoms with Gasteiger partial charge in [0.15, 0.2) is 0 Å². The molecule has 0 aliphatic rings. The normalized spacial score (nSPS) is 10.9. The third-order valence-corrected chi connectivity index (χ3v) is 7.45. The predicted molar refractivity (Wildman–Crippen MR) is 193 cm³/mol. The molecule has 0 bridgehead atoms. The first kappa shape index (κ1) is 37.5. The van der Waals surface area contributed by atoms with E-state index in [0.29, 0.717) is 35.7 Å². The molecule has 0 saturated carbocycles. The Morgan fingerprint density at radius 3 is 1.37 bits per heavy atom. The molecule has 0 heterocycles. The van der Waals surface area contributed by atoms with Crippen LogP contribution in [0.2, 0.25) is 0 Å². The van der Waals surface area contributed by atoms with Crippen molar-refractivity contribution in [3.05, 3.63) is 130 Å². The first-order valence-electron chi connectivity index (χ1n) is 16.4. The molecule has 0 saturated heterocycles. The van der Waals surface area contributed by atoms with E-state index in [0.717, 1.165) is 49.0 Å². The number of benzene rings is 4. The maximum Gasteiger partial charge on any atom is 0.274 e. The van der Waals surface area contributed by atoms with Crippen LogP contribution in [0.3, 0.4) is 0 Å². The molecule has 0 radical (unpaired) electrons. The summed E-state index contributed by atoms with van der Waals surface area (Å²) >= 11 is 0. The average Bonchev–Trinajstić information content (AvgIpc) is 3.17. The molecule has 0 fully saturated rings. The number of nitrogens with zero attached hydrogens (tertiary/aromatic N) is 2. The number of amides is 4. The molecule has 4 rings (SSSR count). The SMILES string of the molecule is CNC(=O)c1ccc(C(=O)N/N=C/c2cccc(OCCCCCCCOc3cccc(/C=N/NC(=O)c4ccc(C(=O)NO)cc4)c3)c2)cc1. The van der Waals surface area contributed by atoms with E-state index in [1.54, 1.807) is 43.0 Å². The summed E-state index contributed by atoms with van der Waals surface area (Å²) in [6.07, 6.45) is 7.99. The topological polar surface area (TPSA) is 180 Å². The molecule has 4 aromatic carbocycles. The molecule has 264 valence electrons. The zero-order valence-electron chi connectivity index (χ0n) is 28.1. The van der Waals surface area contributed by atoms with Crippen LogP contribution >= 0.6 is 0 Å². The lowest BCUT2D eigenvalue weighted by Crippen LogP contribution is -2.20. The largest absolute Gasteiger partial charge is 0.494 e. The van der Waals surface area contributed by atoms with Crippen LogP contribution < -0.4 is 31.1 Å². The van der Waals surface area contributed by atoms with Crippen molar-refractivity contribution in [1.82, 2.24) is 21.6 Å². The monoisotopic (exact) mass is 692 g/mol. The van der Waals surface area contributed by atoms with Crippen LogP contribution in [-0.2, 0) is 0 Å². The van der Waals surface area contributed by atoms with Crippen molar-refractivity contribution in [3.63, 3.8) is 0 Å². The van der Waals surface area contributed by atoms with Crippen LogP contribution in [0.15, 0.2) is 107 Å². The van der Waals surface area contributed by atoms with Crippen molar-refractivity contribution in [3.8, 4) is 11.5 Å². The molecule has 13 heteroatoms. The minimum atomic E-state index is -0.663. The zero-order chi connectivity index (χ0) is 36.3. The van der Waals surface area contributed by atoms with E-state index in [-0.39, 0.29) is 17.4 Å². The number of carbonyl (C=O) groups is 4. The highest BCUT2D eigenvalue weighted by Crippen LogP contribution is 2.15. The summed E-state index contributed by atoms with van der Waals surface area (Å²) in [6.45, 7) is 1.17. The van der Waals surface area contributed by atoms with Crippen LogP contribution in [0.5, 0.6) is 11.5 Å². The summed E-state index contributed by atoms with van der Waals surface area (Å²) < 4.78 is 11.8. The predicted octanol–water partition coefficient (Wildman–Crippen LogP) is 5.10. The smallest absolute Gasteiger partial charge is 0.274 e. The van der Waals surface area contributed by atoms with Gasteiger partial charge < -0.3 is 14.8 Å². The number of carbonyl (C=O) groups excluding carboxylic acids is 4. The minimum absolute atomic E-state index is 0.221. The second kappa shape index (κ2) is 20.2. The third kappa shape index (κ3) is 12.6. The molecule has 0 aliphatic carbocycles. The fourth-order valence-electron chi connectivity index (χ4n) is 4.70. The van der Waals surface area contributed by atoms with E-state index in [4.69, 9.17) is 14.7 Å². The fraction of sp³-hybridized carbons (Fsp3) is 0.211. The number of hydrogen-bond donors (Lipinski definition) is 5. The Balaban J connectivity index is 1.07. The number of hydroxylamine groups is 1. The van der Waals surface area contributed by atoms with Crippen LogP contribution in [-0.4, -0.2) is 61.5 Å².